The normalized spacial score (nSPS) is 17.7. The number of carboxylic acids is 1. The molecule has 0 bridgehead atoms. The summed E-state index contributed by atoms with van der Waals surface area (Å²) in [5.74, 6) is 3.98. The maximum absolute atomic E-state index is 11.2. The maximum atomic E-state index is 11.2. The number of hydrogen-bond acceptors (Lipinski definition) is 18. The smallest absolute Gasteiger partial charge is 0.870 e. The van der Waals surface area contributed by atoms with E-state index in [0.717, 1.165) is 186 Å². The van der Waals surface area contributed by atoms with Crippen molar-refractivity contribution in [3.8, 4) is 0 Å². The number of hydrogen-bond donors (Lipinski definition) is 5. The Morgan fingerprint density at radius 3 is 1.40 bits per heavy atom. The summed E-state index contributed by atoms with van der Waals surface area (Å²) >= 11 is 3.69. The third-order valence-electron chi connectivity index (χ3n) is 15.2. The van der Waals surface area contributed by atoms with E-state index in [9.17, 15) is 9.59 Å². The monoisotopic (exact) mass is 1140 g/mol. The number of carbonyl (C=O) groups is 2. The predicted molar refractivity (Wildman–Crippen MR) is 318 cm³/mol. The van der Waals surface area contributed by atoms with Gasteiger partial charge in [0, 0.05) is 59.3 Å². The van der Waals surface area contributed by atoms with Gasteiger partial charge in [0.1, 0.15) is 12.5 Å². The average Bonchev–Trinajstić information content (AvgIpc) is 4.28. The largest absolute Gasteiger partial charge is 1.00 e. The van der Waals surface area contributed by atoms with Crippen molar-refractivity contribution in [2.24, 2.45) is 0 Å². The summed E-state index contributed by atoms with van der Waals surface area (Å²) in [5, 5.41) is 23.0. The molecule has 6 aromatic rings. The second kappa shape index (κ2) is 33.8. The second-order valence-corrected chi connectivity index (χ2v) is 23.7. The minimum Gasteiger partial charge on any atom is -0.870 e. The van der Waals surface area contributed by atoms with Crippen molar-refractivity contribution in [3.05, 3.63) is 61.2 Å². The Bertz CT molecular complexity index is 2820. The molecular formula is C59H83LiN12O7S2. The van der Waals surface area contributed by atoms with E-state index in [0.29, 0.717) is 30.4 Å². The van der Waals surface area contributed by atoms with Gasteiger partial charge in [0.25, 0.3) is 0 Å². The molecule has 2 atom stereocenters. The number of rotatable bonds is 26. The Morgan fingerprint density at radius 1 is 0.568 bits per heavy atom. The Kier molecular flexibility index (Phi) is 26.5. The number of nitrogens with one attached hydrogen (secondary N) is 4. The van der Waals surface area contributed by atoms with Crippen LogP contribution in [0.5, 0.6) is 0 Å². The number of anilines is 6. The number of thioether (sulfide) groups is 2. The van der Waals surface area contributed by atoms with Crippen LogP contribution in [-0.4, -0.2) is 105 Å². The maximum Gasteiger partial charge on any atom is 1.00 e. The molecule has 0 radical (unpaired) electrons. The van der Waals surface area contributed by atoms with Gasteiger partial charge < -0.3 is 46.1 Å². The van der Waals surface area contributed by atoms with Crippen LogP contribution in [-0.2, 0) is 23.8 Å². The molecule has 2 saturated heterocycles. The van der Waals surface area contributed by atoms with Crippen LogP contribution >= 0.6 is 23.5 Å². The number of carboxylic acid groups (broad SMARTS) is 1. The zero-order valence-corrected chi connectivity index (χ0v) is 49.3. The van der Waals surface area contributed by atoms with Crippen molar-refractivity contribution in [3.63, 3.8) is 0 Å². The van der Waals surface area contributed by atoms with E-state index in [1.165, 1.54) is 55.4 Å². The van der Waals surface area contributed by atoms with Crippen molar-refractivity contribution < 1.29 is 53.2 Å². The first-order valence-electron chi connectivity index (χ1n) is 29.4. The number of aromatic nitrogens is 8. The summed E-state index contributed by atoms with van der Waals surface area (Å²) in [4.78, 5) is 53.3. The molecule has 2 saturated carbocycles. The molecule has 2 aromatic carbocycles. The Morgan fingerprint density at radius 2 is 0.988 bits per heavy atom. The number of benzene rings is 2. The number of unbranched alkanes of at least 4 members (excludes halogenated alkanes) is 6. The molecule has 434 valence electrons. The predicted octanol–water partition coefficient (Wildman–Crippen LogP) is 11.2. The quantitative estimate of drug-likeness (QED) is 0.0147. The topological polar surface area (TPSA) is 247 Å². The van der Waals surface area contributed by atoms with Gasteiger partial charge >= 0.3 is 30.8 Å². The molecule has 2 unspecified atom stereocenters. The third kappa shape index (κ3) is 19.5. The number of methoxy groups -OCH3 is 1. The van der Waals surface area contributed by atoms with E-state index < -0.39 is 5.97 Å². The fraction of sp³-hybridized carbons (Fsp3) is 0.593. The first kappa shape index (κ1) is 63.4. The molecule has 2 aliphatic heterocycles. The number of esters is 1. The Balaban J connectivity index is 0.000000228. The number of nitrogens with zero attached hydrogens (tertiary/aromatic N) is 8. The van der Waals surface area contributed by atoms with Crippen LogP contribution in [0, 0.1) is 0 Å². The number of ether oxygens (including phenoxy) is 3. The fourth-order valence-electron chi connectivity index (χ4n) is 10.8. The minimum atomic E-state index is -0.705. The van der Waals surface area contributed by atoms with Crippen LogP contribution in [0.25, 0.3) is 22.3 Å². The molecule has 81 heavy (non-hydrogen) atoms. The molecule has 22 heteroatoms. The summed E-state index contributed by atoms with van der Waals surface area (Å²) in [5.41, 5.74) is 5.11. The summed E-state index contributed by atoms with van der Waals surface area (Å²) in [7, 11) is 1.45. The van der Waals surface area contributed by atoms with Crippen molar-refractivity contribution >= 4 is 92.7 Å². The first-order valence-corrected chi connectivity index (χ1v) is 31.4. The molecule has 4 aliphatic rings. The SMILES string of the molecule is COC(=O)CCCCCCSc1ccc(Nc2nc(NC3CCCCC3)c3ncn(C4CCCCO4)c3n2)cc1.O=C(O)CCCCCCSc1ccc(Nc2nc(NC3CCCCC3)c3ncn(C4CCCCO4)c3n2)cc1.[Li+].[OH-]. The van der Waals surface area contributed by atoms with E-state index in [2.05, 4.69) is 78.9 Å². The molecule has 0 spiro atoms. The zero-order chi connectivity index (χ0) is 54.4. The summed E-state index contributed by atoms with van der Waals surface area (Å²) < 4.78 is 21.0. The van der Waals surface area contributed by atoms with Gasteiger partial charge in [0.15, 0.2) is 34.0 Å². The van der Waals surface area contributed by atoms with Crippen LogP contribution in [0.3, 0.4) is 0 Å². The Labute approximate surface area is 497 Å². The molecule has 4 fully saturated rings. The van der Waals surface area contributed by atoms with Crippen molar-refractivity contribution in [2.75, 3.05) is 53.1 Å². The van der Waals surface area contributed by atoms with Crippen molar-refractivity contribution in [1.29, 1.82) is 0 Å². The van der Waals surface area contributed by atoms with Gasteiger partial charge in [-0.3, -0.25) is 18.7 Å². The third-order valence-corrected chi connectivity index (χ3v) is 17.4. The summed E-state index contributed by atoms with van der Waals surface area (Å²) in [6.07, 6.45) is 31.2. The standard InChI is InChI=1S/C30H42N6O3S.C29H40N6O3S.Li.H2O/c1-38-26(37)14-7-2-3-10-20-40-24-17-15-23(16-18-24)33-30-34-28(32-22-11-5-4-6-12-22)27-29(35-30)36(21-31-27)25-13-8-9-19-39-25;36-25(37)13-6-1-2-9-19-39-23-16-14-22(15-17-23)32-29-33-27(31-21-10-4-3-5-11-21)26-28(34-29)35(20-30-26)24-12-7-8-18-38-24;;/h15-18,21-22,25H,2-14,19-20H2,1H3,(H2,32,33,34,35);14-17,20-21,24H,1-13,18-19H2,(H,36,37)(H2,31,32,33,34);;1H2/q;;+1;/p-1. The van der Waals surface area contributed by atoms with Gasteiger partial charge in [-0.15, -0.1) is 23.5 Å². The van der Waals surface area contributed by atoms with Crippen LogP contribution in [0.15, 0.2) is 71.0 Å². The van der Waals surface area contributed by atoms with Gasteiger partial charge in [-0.1, -0.05) is 64.2 Å². The van der Waals surface area contributed by atoms with Gasteiger partial charge in [-0.05, 0) is 150 Å². The van der Waals surface area contributed by atoms with Gasteiger partial charge in [-0.25, -0.2) is 9.97 Å². The molecule has 4 aromatic heterocycles. The molecule has 19 nitrogen and oxygen atoms in total. The van der Waals surface area contributed by atoms with Crippen molar-refractivity contribution in [1.82, 2.24) is 39.0 Å². The van der Waals surface area contributed by atoms with E-state index >= 15 is 0 Å². The van der Waals surface area contributed by atoms with Crippen LogP contribution < -0.4 is 40.1 Å². The van der Waals surface area contributed by atoms with E-state index in [1.807, 2.05) is 36.2 Å². The van der Waals surface area contributed by atoms with Crippen LogP contribution in [0.4, 0.5) is 34.9 Å². The average molecular weight is 1140 g/mol. The second-order valence-electron chi connectivity index (χ2n) is 21.3. The van der Waals surface area contributed by atoms with E-state index in [-0.39, 0.29) is 49.2 Å². The van der Waals surface area contributed by atoms with E-state index in [1.54, 1.807) is 0 Å². The van der Waals surface area contributed by atoms with Gasteiger partial charge in [0.2, 0.25) is 11.9 Å². The number of carbonyl (C=O) groups excluding carboxylic acids is 1. The van der Waals surface area contributed by atoms with Gasteiger partial charge in [0.05, 0.1) is 19.8 Å². The number of aliphatic carboxylic acids is 1. The van der Waals surface area contributed by atoms with E-state index in [4.69, 9.17) is 49.2 Å². The fourth-order valence-corrected chi connectivity index (χ4v) is 12.6. The molecule has 0 amide bonds. The summed E-state index contributed by atoms with van der Waals surface area (Å²) in [6, 6.07) is 17.7. The van der Waals surface area contributed by atoms with Gasteiger partial charge in [-0.2, -0.15) is 19.9 Å². The number of imidazole rings is 2. The minimum absolute atomic E-state index is 0. The molecule has 6 N–H and O–H groups in total. The first-order chi connectivity index (χ1) is 38.8. The summed E-state index contributed by atoms with van der Waals surface area (Å²) in [6.45, 7) is 1.54. The molecule has 2 aliphatic carbocycles. The van der Waals surface area contributed by atoms with Crippen LogP contribution in [0.1, 0.15) is 179 Å². The molecule has 10 rings (SSSR count). The Hall–Kier alpha value is -5.14. The van der Waals surface area contributed by atoms with Crippen LogP contribution in [0.2, 0.25) is 0 Å². The molecular weight excluding hydrogens is 1060 g/mol. The zero-order valence-electron chi connectivity index (χ0n) is 47.6. The van der Waals surface area contributed by atoms with Crippen molar-refractivity contribution in [2.45, 2.75) is 201 Å². The molecule has 6 heterocycles. The number of fused-ring (bicyclic) bond motifs is 2.